The fraction of sp³-hybridized carbons (Fsp3) is 0.353. The van der Waals surface area contributed by atoms with Crippen molar-refractivity contribution in [3.8, 4) is 11.5 Å². The highest BCUT2D eigenvalue weighted by Gasteiger charge is 2.30. The van der Waals surface area contributed by atoms with Crippen LogP contribution in [-0.4, -0.2) is 39.2 Å². The normalized spacial score (nSPS) is 12.2. The van der Waals surface area contributed by atoms with Crippen molar-refractivity contribution in [3.63, 3.8) is 0 Å². The lowest BCUT2D eigenvalue weighted by molar-refractivity contribution is 0.0561. The Morgan fingerprint density at radius 2 is 1.93 bits per heavy atom. The maximum Gasteiger partial charge on any atom is 0.333 e. The minimum absolute atomic E-state index is 0.00286. The Morgan fingerprint density at radius 1 is 1.21 bits per heavy atom. The highest BCUT2D eigenvalue weighted by Crippen LogP contribution is 2.24. The molecule has 28 heavy (non-hydrogen) atoms. The van der Waals surface area contributed by atoms with Crippen LogP contribution in [0.4, 0.5) is 8.78 Å². The van der Waals surface area contributed by atoms with Crippen LogP contribution in [0.5, 0.6) is 0 Å². The summed E-state index contributed by atoms with van der Waals surface area (Å²) < 4.78 is 58.8. The molecule has 11 heteroatoms. The quantitative estimate of drug-likeness (QED) is 0.565. The summed E-state index contributed by atoms with van der Waals surface area (Å²) in [5, 5.41) is 11.4. The van der Waals surface area contributed by atoms with Crippen molar-refractivity contribution in [1.29, 1.82) is 0 Å². The van der Waals surface area contributed by atoms with E-state index in [-0.39, 0.29) is 35.5 Å². The van der Waals surface area contributed by atoms with Crippen LogP contribution in [0.2, 0.25) is 0 Å². The van der Waals surface area contributed by atoms with Gasteiger partial charge in [0.2, 0.25) is 21.8 Å². The van der Waals surface area contributed by atoms with Crippen LogP contribution in [0.3, 0.4) is 0 Å². The number of hydrogen-bond acceptors (Lipinski definition) is 6. The summed E-state index contributed by atoms with van der Waals surface area (Å²) in [5.41, 5.74) is 0.706. The van der Waals surface area contributed by atoms with E-state index in [1.165, 1.54) is 6.92 Å². The van der Waals surface area contributed by atoms with Gasteiger partial charge in [-0.25, -0.2) is 13.1 Å². The van der Waals surface area contributed by atoms with Gasteiger partial charge in [-0.2, -0.15) is 18.2 Å². The molecule has 8 nitrogen and oxygen atoms in total. The predicted octanol–water partition coefficient (Wildman–Crippen LogP) is 3.24. The van der Waals surface area contributed by atoms with Crippen LogP contribution in [-0.2, 0) is 16.6 Å². The fourth-order valence-electron chi connectivity index (χ4n) is 2.66. The number of aryl methyl sites for hydroxylation is 1. The molecule has 3 rings (SSSR count). The van der Waals surface area contributed by atoms with Crippen LogP contribution < -0.4 is 0 Å². The molecule has 0 aliphatic rings. The van der Waals surface area contributed by atoms with E-state index in [1.54, 1.807) is 19.1 Å². The largest absolute Gasteiger partial charge is 0.419 e. The van der Waals surface area contributed by atoms with Gasteiger partial charge >= 0.3 is 6.55 Å². The molecule has 0 unspecified atom stereocenters. The average molecular weight is 411 g/mol. The number of hydrogen-bond donors (Lipinski definition) is 0. The molecule has 0 aliphatic heterocycles. The molecule has 3 aromatic rings. The lowest BCUT2D eigenvalue weighted by Crippen LogP contribution is -2.31. The zero-order valence-corrected chi connectivity index (χ0v) is 16.1. The highest BCUT2D eigenvalue weighted by atomic mass is 32.2. The van der Waals surface area contributed by atoms with Crippen LogP contribution in [0.25, 0.3) is 11.5 Å². The van der Waals surface area contributed by atoms with Crippen molar-refractivity contribution in [2.24, 2.45) is 0 Å². The third-order valence-electron chi connectivity index (χ3n) is 3.96. The molecule has 150 valence electrons. The first kappa shape index (κ1) is 20.1. The topological polar surface area (TPSA) is 94.1 Å². The van der Waals surface area contributed by atoms with Crippen LogP contribution in [0, 0.1) is 6.92 Å². The second kappa shape index (κ2) is 8.15. The molecule has 0 saturated heterocycles. The number of halogens is 2. The Bertz CT molecular complexity index is 1030. The van der Waals surface area contributed by atoms with Crippen LogP contribution in [0.1, 0.15) is 31.5 Å². The van der Waals surface area contributed by atoms with E-state index in [0.717, 1.165) is 10.5 Å². The van der Waals surface area contributed by atoms with Gasteiger partial charge in [0.15, 0.2) is 0 Å². The molecule has 2 heterocycles. The molecular weight excluding hydrogens is 392 g/mol. The number of nitrogens with zero attached hydrogens (tertiary/aromatic N) is 5. The summed E-state index contributed by atoms with van der Waals surface area (Å²) >= 11 is 0. The van der Waals surface area contributed by atoms with Gasteiger partial charge in [0.25, 0.3) is 0 Å². The van der Waals surface area contributed by atoms with E-state index < -0.39 is 16.6 Å². The molecule has 0 fully saturated rings. The highest BCUT2D eigenvalue weighted by molar-refractivity contribution is 7.89. The third-order valence-corrected chi connectivity index (χ3v) is 5.91. The standard InChI is InChI=1S/C17H19F2N5O3S/c1-3-9-23(28(25,26)14-10-24(17(18)19)22-12(14)2)11-15-20-21-16(27-15)13-7-5-4-6-8-13/h4-8,10,17H,3,9,11H2,1-2H3. The Hall–Kier alpha value is -2.66. The molecule has 0 saturated carbocycles. The average Bonchev–Trinajstić information content (AvgIpc) is 3.29. The van der Waals surface area contributed by atoms with Crippen molar-refractivity contribution in [3.05, 3.63) is 48.1 Å². The van der Waals surface area contributed by atoms with Crippen LogP contribution in [0.15, 0.2) is 45.8 Å². The van der Waals surface area contributed by atoms with Gasteiger partial charge in [-0.15, -0.1) is 10.2 Å². The molecule has 0 bridgehead atoms. The van der Waals surface area contributed by atoms with Gasteiger partial charge in [-0.3, -0.25) is 0 Å². The molecule has 0 N–H and O–H groups in total. The van der Waals surface area contributed by atoms with Gasteiger partial charge in [0, 0.05) is 12.1 Å². The Balaban J connectivity index is 1.88. The Kier molecular flexibility index (Phi) is 5.84. The van der Waals surface area contributed by atoms with Crippen LogP contribution >= 0.6 is 0 Å². The minimum Gasteiger partial charge on any atom is -0.419 e. The number of rotatable bonds is 8. The molecule has 1 aromatic carbocycles. The van der Waals surface area contributed by atoms with E-state index in [1.807, 2.05) is 18.2 Å². The lowest BCUT2D eigenvalue weighted by Gasteiger charge is -2.19. The second-order valence-corrected chi connectivity index (χ2v) is 7.95. The Morgan fingerprint density at radius 3 is 2.54 bits per heavy atom. The maximum atomic E-state index is 13.0. The van der Waals surface area contributed by atoms with E-state index in [9.17, 15) is 17.2 Å². The smallest absolute Gasteiger partial charge is 0.333 e. The van der Waals surface area contributed by atoms with E-state index in [0.29, 0.717) is 16.7 Å². The lowest BCUT2D eigenvalue weighted by atomic mass is 10.2. The number of sulfonamides is 1. The van der Waals surface area contributed by atoms with Crippen molar-refractivity contribution in [2.45, 2.75) is 38.3 Å². The predicted molar refractivity (Wildman–Crippen MR) is 95.8 cm³/mol. The number of benzene rings is 1. The van der Waals surface area contributed by atoms with Crippen molar-refractivity contribution in [1.82, 2.24) is 24.3 Å². The Labute approximate surface area is 160 Å². The van der Waals surface area contributed by atoms with Gasteiger partial charge in [-0.1, -0.05) is 25.1 Å². The zero-order chi connectivity index (χ0) is 20.3. The van der Waals surface area contributed by atoms with E-state index >= 15 is 0 Å². The molecule has 0 spiro atoms. The summed E-state index contributed by atoms with van der Waals surface area (Å²) in [6.07, 6.45) is 1.35. The number of alkyl halides is 2. The SMILES string of the molecule is CCCN(Cc1nnc(-c2ccccc2)o1)S(=O)(=O)c1cn(C(F)F)nc1C. The first-order valence-corrected chi connectivity index (χ1v) is 9.98. The zero-order valence-electron chi connectivity index (χ0n) is 15.3. The molecule has 0 amide bonds. The van der Waals surface area contributed by atoms with Gasteiger partial charge in [0.1, 0.15) is 4.90 Å². The van der Waals surface area contributed by atoms with E-state index in [2.05, 4.69) is 15.3 Å². The van der Waals surface area contributed by atoms with Gasteiger partial charge in [-0.05, 0) is 25.5 Å². The summed E-state index contributed by atoms with van der Waals surface area (Å²) in [6, 6.07) is 9.06. The summed E-state index contributed by atoms with van der Waals surface area (Å²) in [4.78, 5) is -0.274. The molecule has 0 radical (unpaired) electrons. The van der Waals surface area contributed by atoms with Crippen molar-refractivity contribution in [2.75, 3.05) is 6.54 Å². The van der Waals surface area contributed by atoms with Gasteiger partial charge < -0.3 is 4.42 Å². The summed E-state index contributed by atoms with van der Waals surface area (Å²) in [7, 11) is -4.07. The number of aromatic nitrogens is 4. The fourth-order valence-corrected chi connectivity index (χ4v) is 4.29. The first-order chi connectivity index (χ1) is 13.3. The van der Waals surface area contributed by atoms with Crippen molar-refractivity contribution < 1.29 is 21.6 Å². The van der Waals surface area contributed by atoms with Crippen molar-refractivity contribution >= 4 is 10.0 Å². The third kappa shape index (κ3) is 4.09. The van der Waals surface area contributed by atoms with E-state index in [4.69, 9.17) is 4.42 Å². The maximum absolute atomic E-state index is 13.0. The summed E-state index contributed by atoms with van der Waals surface area (Å²) in [6.45, 7) is 0.240. The summed E-state index contributed by atoms with van der Waals surface area (Å²) in [5.74, 6) is 0.376. The molecular formula is C17H19F2N5O3S. The van der Waals surface area contributed by atoms with Gasteiger partial charge in [0.05, 0.1) is 18.4 Å². The molecule has 0 atom stereocenters. The minimum atomic E-state index is -4.07. The monoisotopic (exact) mass is 411 g/mol. The molecule has 0 aliphatic carbocycles. The first-order valence-electron chi connectivity index (χ1n) is 8.54. The second-order valence-electron chi connectivity index (χ2n) is 6.04. The molecule has 2 aromatic heterocycles.